The van der Waals surface area contributed by atoms with Crippen molar-refractivity contribution >= 4 is 0 Å². The molecule has 1 heterocycles. The average Bonchev–Trinajstić information content (AvgIpc) is 2.52. The summed E-state index contributed by atoms with van der Waals surface area (Å²) in [5.74, 6) is 0. The molecule has 2 heteroatoms. The summed E-state index contributed by atoms with van der Waals surface area (Å²) >= 11 is 0. The number of aliphatic hydroxyl groups excluding tert-OH is 1. The molecule has 0 bridgehead atoms. The molecule has 0 saturated carbocycles. The van der Waals surface area contributed by atoms with Gasteiger partial charge < -0.3 is 10.4 Å². The summed E-state index contributed by atoms with van der Waals surface area (Å²) in [6.45, 7) is 5.14. The van der Waals surface area contributed by atoms with E-state index in [0.29, 0.717) is 6.61 Å². The summed E-state index contributed by atoms with van der Waals surface area (Å²) < 4.78 is 0. The molecular formula is C18H39NO. The smallest absolute Gasteiger partial charge is 0.0431 e. The van der Waals surface area contributed by atoms with E-state index in [4.69, 9.17) is 5.11 Å². The number of hydrogen-bond acceptors (Lipinski definition) is 2. The van der Waals surface area contributed by atoms with E-state index in [1.807, 2.05) is 0 Å². The van der Waals surface area contributed by atoms with Gasteiger partial charge in [0, 0.05) is 6.61 Å². The second-order valence-electron chi connectivity index (χ2n) is 6.07. The molecule has 1 fully saturated rings. The Hall–Kier alpha value is -0.0800. The Morgan fingerprint density at radius 3 is 1.40 bits per heavy atom. The number of hydrogen-bond donors (Lipinski definition) is 2. The van der Waals surface area contributed by atoms with Crippen molar-refractivity contribution in [2.24, 2.45) is 0 Å². The first-order valence-corrected chi connectivity index (χ1v) is 9.23. The van der Waals surface area contributed by atoms with Crippen molar-refractivity contribution in [1.82, 2.24) is 5.32 Å². The van der Waals surface area contributed by atoms with Gasteiger partial charge in [-0.25, -0.2) is 0 Å². The van der Waals surface area contributed by atoms with Crippen LogP contribution >= 0.6 is 0 Å². The summed E-state index contributed by atoms with van der Waals surface area (Å²) in [6, 6.07) is 0. The van der Waals surface area contributed by atoms with Crippen molar-refractivity contribution in [3.63, 3.8) is 0 Å². The van der Waals surface area contributed by atoms with Crippen LogP contribution in [0.2, 0.25) is 0 Å². The maximum absolute atomic E-state index is 8.59. The highest BCUT2D eigenvalue weighted by atomic mass is 16.2. The molecule has 1 aliphatic heterocycles. The van der Waals surface area contributed by atoms with Gasteiger partial charge in [0.15, 0.2) is 0 Å². The van der Waals surface area contributed by atoms with E-state index in [1.54, 1.807) is 0 Å². The average molecular weight is 286 g/mol. The van der Waals surface area contributed by atoms with Gasteiger partial charge >= 0.3 is 0 Å². The number of unbranched alkanes of at least 4 members (excludes halogenated alkanes) is 10. The third-order valence-corrected chi connectivity index (χ3v) is 3.97. The second kappa shape index (κ2) is 18.9. The van der Waals surface area contributed by atoms with Gasteiger partial charge in [-0.3, -0.25) is 0 Å². The van der Waals surface area contributed by atoms with E-state index in [9.17, 15) is 0 Å². The first kappa shape index (κ1) is 19.9. The fourth-order valence-corrected chi connectivity index (χ4v) is 2.58. The number of nitrogens with one attached hydrogen (secondary N) is 1. The summed E-state index contributed by atoms with van der Waals surface area (Å²) in [6.07, 6.45) is 19.0. The van der Waals surface area contributed by atoms with Crippen LogP contribution in [0.3, 0.4) is 0 Å². The fourth-order valence-electron chi connectivity index (χ4n) is 2.58. The molecule has 20 heavy (non-hydrogen) atoms. The molecule has 1 aliphatic rings. The molecule has 122 valence electrons. The Kier molecular flexibility index (Phi) is 18.8. The highest BCUT2D eigenvalue weighted by Gasteiger charge is 1.94. The van der Waals surface area contributed by atoms with E-state index >= 15 is 0 Å². The molecule has 1 saturated heterocycles. The van der Waals surface area contributed by atoms with Gasteiger partial charge in [0.05, 0.1) is 0 Å². The van der Waals surface area contributed by atoms with Gasteiger partial charge in [0.25, 0.3) is 0 Å². The highest BCUT2D eigenvalue weighted by molar-refractivity contribution is 4.55. The first-order valence-electron chi connectivity index (χ1n) is 9.23. The fraction of sp³-hybridized carbons (Fsp3) is 1.00. The Morgan fingerprint density at radius 2 is 1.10 bits per heavy atom. The van der Waals surface area contributed by atoms with Crippen molar-refractivity contribution in [3.8, 4) is 0 Å². The molecule has 0 spiro atoms. The van der Waals surface area contributed by atoms with Gasteiger partial charge in [-0.1, -0.05) is 77.6 Å². The SMILES string of the molecule is C1CCNCC1.CCCCCCCCCCCCCO. The summed E-state index contributed by atoms with van der Waals surface area (Å²) in [7, 11) is 0. The number of piperidine rings is 1. The van der Waals surface area contributed by atoms with Crippen LogP contribution in [0, 0.1) is 0 Å². The molecule has 2 N–H and O–H groups in total. The van der Waals surface area contributed by atoms with E-state index in [0.717, 1.165) is 6.42 Å². The third kappa shape index (κ3) is 17.9. The predicted molar refractivity (Wildman–Crippen MR) is 90.3 cm³/mol. The van der Waals surface area contributed by atoms with Crippen LogP contribution in [0.15, 0.2) is 0 Å². The summed E-state index contributed by atoms with van der Waals surface area (Å²) in [5, 5.41) is 11.9. The van der Waals surface area contributed by atoms with Crippen LogP contribution in [0.4, 0.5) is 0 Å². The van der Waals surface area contributed by atoms with Crippen molar-refractivity contribution in [1.29, 1.82) is 0 Å². The maximum atomic E-state index is 8.59. The van der Waals surface area contributed by atoms with E-state index < -0.39 is 0 Å². The highest BCUT2D eigenvalue weighted by Crippen LogP contribution is 2.10. The van der Waals surface area contributed by atoms with E-state index in [-0.39, 0.29) is 0 Å². The van der Waals surface area contributed by atoms with E-state index in [2.05, 4.69) is 12.2 Å². The topological polar surface area (TPSA) is 32.3 Å². The molecular weight excluding hydrogens is 246 g/mol. The standard InChI is InChI=1S/C13H28O.C5H11N/c1-2-3-4-5-6-7-8-9-10-11-12-13-14;1-2-4-6-5-3-1/h14H,2-13H2,1H3;6H,1-5H2. The summed E-state index contributed by atoms with van der Waals surface area (Å²) in [5.41, 5.74) is 0. The third-order valence-electron chi connectivity index (χ3n) is 3.97. The molecule has 0 aliphatic carbocycles. The lowest BCUT2D eigenvalue weighted by atomic mass is 10.1. The predicted octanol–water partition coefficient (Wildman–Crippen LogP) is 5.05. The zero-order chi connectivity index (χ0) is 14.7. The molecule has 2 nitrogen and oxygen atoms in total. The Morgan fingerprint density at radius 1 is 0.650 bits per heavy atom. The number of aliphatic hydroxyl groups is 1. The lowest BCUT2D eigenvalue weighted by Crippen LogP contribution is -2.21. The Bertz CT molecular complexity index is 134. The molecule has 0 atom stereocenters. The Balaban J connectivity index is 0.000000493. The molecule has 0 unspecified atom stereocenters. The van der Waals surface area contributed by atoms with Gasteiger partial charge in [-0.05, 0) is 32.4 Å². The minimum absolute atomic E-state index is 0.372. The minimum Gasteiger partial charge on any atom is -0.396 e. The monoisotopic (exact) mass is 285 g/mol. The van der Waals surface area contributed by atoms with Crippen LogP contribution in [-0.4, -0.2) is 24.8 Å². The quantitative estimate of drug-likeness (QED) is 0.521. The Labute approximate surface area is 127 Å². The van der Waals surface area contributed by atoms with Gasteiger partial charge in [0.1, 0.15) is 0 Å². The normalized spacial score (nSPS) is 14.7. The second-order valence-corrected chi connectivity index (χ2v) is 6.07. The molecule has 1 rings (SSSR count). The molecule has 0 aromatic heterocycles. The zero-order valence-corrected chi connectivity index (χ0v) is 14.0. The van der Waals surface area contributed by atoms with Crippen LogP contribution < -0.4 is 5.32 Å². The van der Waals surface area contributed by atoms with Crippen molar-refractivity contribution < 1.29 is 5.11 Å². The molecule has 0 amide bonds. The van der Waals surface area contributed by atoms with Crippen molar-refractivity contribution in [2.45, 2.75) is 96.8 Å². The van der Waals surface area contributed by atoms with Crippen LogP contribution in [0.1, 0.15) is 96.8 Å². The molecule has 0 aromatic rings. The van der Waals surface area contributed by atoms with Crippen molar-refractivity contribution in [2.75, 3.05) is 19.7 Å². The molecule has 0 aromatic carbocycles. The molecule has 0 radical (unpaired) electrons. The van der Waals surface area contributed by atoms with Gasteiger partial charge in [-0.15, -0.1) is 0 Å². The minimum atomic E-state index is 0.372. The van der Waals surface area contributed by atoms with Crippen LogP contribution in [0.25, 0.3) is 0 Å². The lowest BCUT2D eigenvalue weighted by molar-refractivity contribution is 0.282. The van der Waals surface area contributed by atoms with Crippen LogP contribution in [-0.2, 0) is 0 Å². The zero-order valence-electron chi connectivity index (χ0n) is 14.0. The van der Waals surface area contributed by atoms with Crippen molar-refractivity contribution in [3.05, 3.63) is 0 Å². The number of rotatable bonds is 11. The van der Waals surface area contributed by atoms with Gasteiger partial charge in [0.2, 0.25) is 0 Å². The summed E-state index contributed by atoms with van der Waals surface area (Å²) in [4.78, 5) is 0. The maximum Gasteiger partial charge on any atom is 0.0431 e. The largest absolute Gasteiger partial charge is 0.396 e. The van der Waals surface area contributed by atoms with Crippen LogP contribution in [0.5, 0.6) is 0 Å². The first-order chi connectivity index (χ1) is 9.91. The van der Waals surface area contributed by atoms with E-state index in [1.165, 1.54) is 96.6 Å². The van der Waals surface area contributed by atoms with Gasteiger partial charge in [-0.2, -0.15) is 0 Å². The lowest BCUT2D eigenvalue weighted by Gasteiger charge is -2.08.